The second kappa shape index (κ2) is 2.31. The van der Waals surface area contributed by atoms with E-state index in [1.165, 1.54) is 15.1 Å². The van der Waals surface area contributed by atoms with E-state index in [1.807, 2.05) is 23.6 Å². The molecule has 0 N–H and O–H groups in total. The van der Waals surface area contributed by atoms with E-state index < -0.39 is 0 Å². The van der Waals surface area contributed by atoms with Crippen LogP contribution in [0.1, 0.15) is 10.4 Å². The van der Waals surface area contributed by atoms with Crippen molar-refractivity contribution >= 4 is 21.6 Å². The first-order valence-corrected chi connectivity index (χ1v) is 4.41. The highest BCUT2D eigenvalue weighted by Crippen LogP contribution is 2.27. The molecule has 0 aromatic carbocycles. The molecule has 0 bridgehead atoms. The molecule has 0 aliphatic carbocycles. The van der Waals surface area contributed by atoms with Gasteiger partial charge in [0, 0.05) is 11.1 Å². The summed E-state index contributed by atoms with van der Waals surface area (Å²) in [5.41, 5.74) is 2.49. The third kappa shape index (κ3) is 0.942. The normalized spacial score (nSPS) is 10.7. The van der Waals surface area contributed by atoms with Crippen molar-refractivity contribution in [3.05, 3.63) is 28.8 Å². The summed E-state index contributed by atoms with van der Waals surface area (Å²) in [5, 5.41) is 0. The zero-order valence-electron chi connectivity index (χ0n) is 6.59. The fraction of sp³-hybridized carbons (Fsp3) is 0.222. The highest BCUT2D eigenvalue weighted by molar-refractivity contribution is 7.19. The number of hydrogen-bond donors (Lipinski definition) is 0. The first-order valence-electron chi connectivity index (χ1n) is 3.60. The van der Waals surface area contributed by atoms with E-state index in [2.05, 4.69) is 24.9 Å². The average molecular weight is 163 g/mol. The minimum Gasteiger partial charge on any atom is -0.255 e. The van der Waals surface area contributed by atoms with Crippen molar-refractivity contribution in [1.82, 2.24) is 4.98 Å². The van der Waals surface area contributed by atoms with Crippen LogP contribution in [0.2, 0.25) is 0 Å². The van der Waals surface area contributed by atoms with Gasteiger partial charge in [-0.05, 0) is 31.5 Å². The van der Waals surface area contributed by atoms with E-state index in [9.17, 15) is 0 Å². The molecular weight excluding hydrogens is 154 g/mol. The summed E-state index contributed by atoms with van der Waals surface area (Å²) in [7, 11) is 0. The molecule has 11 heavy (non-hydrogen) atoms. The summed E-state index contributed by atoms with van der Waals surface area (Å²) in [4.78, 5) is 5.69. The lowest BCUT2D eigenvalue weighted by Crippen LogP contribution is -1.74. The summed E-state index contributed by atoms with van der Waals surface area (Å²) in [5.74, 6) is 0. The molecule has 0 radical (unpaired) electrons. The largest absolute Gasteiger partial charge is 0.255 e. The second-order valence-electron chi connectivity index (χ2n) is 2.63. The predicted octanol–water partition coefficient (Wildman–Crippen LogP) is 2.91. The van der Waals surface area contributed by atoms with E-state index in [1.54, 1.807) is 0 Å². The first-order chi connectivity index (χ1) is 5.29. The van der Waals surface area contributed by atoms with E-state index in [0.29, 0.717) is 0 Å². The Hall–Kier alpha value is -0.890. The van der Waals surface area contributed by atoms with Gasteiger partial charge in [-0.25, -0.2) is 0 Å². The molecule has 1 nitrogen and oxygen atoms in total. The standard InChI is InChI=1S/C9H9NS/c1-6-7(2)11-8-4-3-5-10-9(6)8/h3-5H,1-2H3. The Labute approximate surface area is 69.7 Å². The second-order valence-corrected chi connectivity index (χ2v) is 3.89. The fourth-order valence-corrected chi connectivity index (χ4v) is 2.19. The zero-order chi connectivity index (χ0) is 7.84. The molecule has 2 rings (SSSR count). The van der Waals surface area contributed by atoms with E-state index in [0.717, 1.165) is 5.52 Å². The fourth-order valence-electron chi connectivity index (χ4n) is 1.16. The van der Waals surface area contributed by atoms with Crippen LogP contribution in [-0.2, 0) is 0 Å². The molecule has 0 aliphatic rings. The van der Waals surface area contributed by atoms with Crippen molar-refractivity contribution in [2.75, 3.05) is 0 Å². The minimum absolute atomic E-state index is 1.16. The van der Waals surface area contributed by atoms with Crippen molar-refractivity contribution in [3.63, 3.8) is 0 Å². The SMILES string of the molecule is Cc1sc2cccnc2c1C. The zero-order valence-corrected chi connectivity index (χ0v) is 7.40. The lowest BCUT2D eigenvalue weighted by Gasteiger charge is -1.87. The Kier molecular flexibility index (Phi) is 1.43. The van der Waals surface area contributed by atoms with Crippen LogP contribution in [0.15, 0.2) is 18.3 Å². The summed E-state index contributed by atoms with van der Waals surface area (Å²) in [6.07, 6.45) is 1.85. The molecule has 0 saturated carbocycles. The number of hydrogen-bond acceptors (Lipinski definition) is 2. The summed E-state index contributed by atoms with van der Waals surface area (Å²) in [6, 6.07) is 4.10. The van der Waals surface area contributed by atoms with Gasteiger partial charge in [-0.3, -0.25) is 4.98 Å². The highest BCUT2D eigenvalue weighted by atomic mass is 32.1. The molecule has 56 valence electrons. The first kappa shape index (κ1) is 6.80. The van der Waals surface area contributed by atoms with Crippen molar-refractivity contribution < 1.29 is 0 Å². The number of aromatic nitrogens is 1. The molecule has 2 aromatic heterocycles. The quantitative estimate of drug-likeness (QED) is 0.582. The Morgan fingerprint density at radius 3 is 2.91 bits per heavy atom. The van der Waals surface area contributed by atoms with Crippen molar-refractivity contribution in [3.8, 4) is 0 Å². The van der Waals surface area contributed by atoms with Gasteiger partial charge in [-0.2, -0.15) is 0 Å². The van der Waals surface area contributed by atoms with Gasteiger partial charge in [0.15, 0.2) is 0 Å². The van der Waals surface area contributed by atoms with Gasteiger partial charge in [0.2, 0.25) is 0 Å². The lowest BCUT2D eigenvalue weighted by molar-refractivity contribution is 1.37. The Morgan fingerprint density at radius 2 is 2.18 bits per heavy atom. The van der Waals surface area contributed by atoms with Crippen LogP contribution in [0.5, 0.6) is 0 Å². The summed E-state index contributed by atoms with van der Waals surface area (Å²) in [6.45, 7) is 4.27. The van der Waals surface area contributed by atoms with Gasteiger partial charge in [-0.15, -0.1) is 11.3 Å². The van der Waals surface area contributed by atoms with Crippen LogP contribution in [0.4, 0.5) is 0 Å². The maximum absolute atomic E-state index is 4.31. The van der Waals surface area contributed by atoms with Crippen LogP contribution in [0.25, 0.3) is 10.2 Å². The Morgan fingerprint density at radius 1 is 1.36 bits per heavy atom. The number of fused-ring (bicyclic) bond motifs is 1. The molecular formula is C9H9NS. The molecule has 0 aliphatic heterocycles. The van der Waals surface area contributed by atoms with Crippen LogP contribution >= 0.6 is 11.3 Å². The minimum atomic E-state index is 1.16. The third-order valence-corrected chi connectivity index (χ3v) is 3.08. The van der Waals surface area contributed by atoms with Gasteiger partial charge in [0.25, 0.3) is 0 Å². The van der Waals surface area contributed by atoms with Crippen molar-refractivity contribution in [2.45, 2.75) is 13.8 Å². The van der Waals surface area contributed by atoms with Gasteiger partial charge >= 0.3 is 0 Å². The number of aryl methyl sites for hydroxylation is 2. The third-order valence-electron chi connectivity index (χ3n) is 1.92. The molecule has 2 heteroatoms. The molecule has 0 saturated heterocycles. The molecule has 0 unspecified atom stereocenters. The lowest BCUT2D eigenvalue weighted by atomic mass is 10.2. The molecule has 0 amide bonds. The van der Waals surface area contributed by atoms with Gasteiger partial charge in [-0.1, -0.05) is 0 Å². The van der Waals surface area contributed by atoms with Crippen LogP contribution in [0, 0.1) is 13.8 Å². The van der Waals surface area contributed by atoms with E-state index in [4.69, 9.17) is 0 Å². The number of nitrogens with zero attached hydrogens (tertiary/aromatic N) is 1. The maximum atomic E-state index is 4.31. The van der Waals surface area contributed by atoms with E-state index >= 15 is 0 Å². The molecule has 0 atom stereocenters. The van der Waals surface area contributed by atoms with Crippen LogP contribution in [0.3, 0.4) is 0 Å². The number of rotatable bonds is 0. The number of thiophene rings is 1. The summed E-state index contributed by atoms with van der Waals surface area (Å²) >= 11 is 1.82. The Bertz CT molecular complexity index is 389. The van der Waals surface area contributed by atoms with Gasteiger partial charge in [0.05, 0.1) is 10.2 Å². The van der Waals surface area contributed by atoms with Crippen LogP contribution in [-0.4, -0.2) is 4.98 Å². The van der Waals surface area contributed by atoms with Crippen molar-refractivity contribution in [1.29, 1.82) is 0 Å². The smallest absolute Gasteiger partial charge is 0.0841 e. The molecule has 2 aromatic rings. The topological polar surface area (TPSA) is 12.9 Å². The number of pyridine rings is 1. The van der Waals surface area contributed by atoms with Crippen molar-refractivity contribution in [2.24, 2.45) is 0 Å². The van der Waals surface area contributed by atoms with Gasteiger partial charge in [0.1, 0.15) is 0 Å². The monoisotopic (exact) mass is 163 g/mol. The predicted molar refractivity (Wildman–Crippen MR) is 49.1 cm³/mol. The molecule has 0 spiro atoms. The van der Waals surface area contributed by atoms with Gasteiger partial charge < -0.3 is 0 Å². The Balaban J connectivity index is 2.92. The average Bonchev–Trinajstić information content (AvgIpc) is 2.30. The maximum Gasteiger partial charge on any atom is 0.0841 e. The molecule has 0 fully saturated rings. The molecule has 2 heterocycles. The summed E-state index contributed by atoms with van der Waals surface area (Å²) < 4.78 is 1.29. The highest BCUT2D eigenvalue weighted by Gasteiger charge is 2.03. The van der Waals surface area contributed by atoms with Crippen LogP contribution < -0.4 is 0 Å². The van der Waals surface area contributed by atoms with E-state index in [-0.39, 0.29) is 0 Å².